The van der Waals surface area contributed by atoms with Gasteiger partial charge < -0.3 is 19.6 Å². The van der Waals surface area contributed by atoms with E-state index in [9.17, 15) is 5.11 Å². The molecule has 2 aliphatic heterocycles. The zero-order valence-electron chi connectivity index (χ0n) is 14.7. The van der Waals surface area contributed by atoms with E-state index in [1.165, 1.54) is 6.54 Å². The number of hydrogen-bond donors (Lipinski definition) is 1. The van der Waals surface area contributed by atoms with Crippen molar-refractivity contribution in [2.45, 2.75) is 58.8 Å². The van der Waals surface area contributed by atoms with Gasteiger partial charge in [0.25, 0.3) is 0 Å². The predicted octanol–water partition coefficient (Wildman–Crippen LogP) is 1.82. The smallest absolute Gasteiger partial charge is 0.0896 e. The first-order valence-corrected chi connectivity index (χ1v) is 8.45. The molecule has 4 nitrogen and oxygen atoms in total. The van der Waals surface area contributed by atoms with Crippen LogP contribution in [-0.4, -0.2) is 71.5 Å². The summed E-state index contributed by atoms with van der Waals surface area (Å²) in [6.45, 7) is 19.4. The topological polar surface area (TPSA) is 35.9 Å². The van der Waals surface area contributed by atoms with E-state index in [1.54, 1.807) is 0 Å². The molecule has 0 aliphatic carbocycles. The van der Waals surface area contributed by atoms with E-state index >= 15 is 0 Å². The fourth-order valence-electron chi connectivity index (χ4n) is 3.95. The molecule has 2 unspecified atom stereocenters. The van der Waals surface area contributed by atoms with Gasteiger partial charge >= 0.3 is 0 Å². The molecule has 0 aromatic rings. The largest absolute Gasteiger partial charge is 0.390 e. The molecular formula is C17H34N2O2. The van der Waals surface area contributed by atoms with Crippen LogP contribution in [0, 0.1) is 11.8 Å². The second kappa shape index (κ2) is 6.15. The zero-order chi connectivity index (χ0) is 15.8. The van der Waals surface area contributed by atoms with Gasteiger partial charge in [-0.3, -0.25) is 0 Å². The number of nitrogens with zero attached hydrogens (tertiary/aromatic N) is 2. The Labute approximate surface area is 130 Å². The normalized spacial score (nSPS) is 33.7. The summed E-state index contributed by atoms with van der Waals surface area (Å²) in [6, 6.07) is 0. The number of aliphatic hydroxyl groups excluding tert-OH is 1. The lowest BCUT2D eigenvalue weighted by Gasteiger charge is -2.39. The van der Waals surface area contributed by atoms with Crippen molar-refractivity contribution in [3.63, 3.8) is 0 Å². The lowest BCUT2D eigenvalue weighted by molar-refractivity contribution is -0.0915. The highest BCUT2D eigenvalue weighted by molar-refractivity contribution is 5.02. The van der Waals surface area contributed by atoms with Crippen molar-refractivity contribution < 1.29 is 9.84 Å². The van der Waals surface area contributed by atoms with Gasteiger partial charge in [0, 0.05) is 45.2 Å². The molecule has 0 bridgehead atoms. The Hall–Kier alpha value is -0.160. The van der Waals surface area contributed by atoms with Crippen LogP contribution < -0.4 is 0 Å². The summed E-state index contributed by atoms with van der Waals surface area (Å²) < 4.78 is 6.09. The van der Waals surface area contributed by atoms with Crippen molar-refractivity contribution in [2.75, 3.05) is 39.3 Å². The second-order valence-corrected chi connectivity index (χ2v) is 8.36. The van der Waals surface area contributed by atoms with Gasteiger partial charge in [-0.05, 0) is 33.6 Å². The lowest BCUT2D eigenvalue weighted by Crippen LogP contribution is -2.51. The first-order chi connectivity index (χ1) is 9.62. The quantitative estimate of drug-likeness (QED) is 0.859. The highest BCUT2D eigenvalue weighted by Gasteiger charge is 2.53. The third kappa shape index (κ3) is 3.98. The van der Waals surface area contributed by atoms with Crippen LogP contribution in [0.1, 0.15) is 41.5 Å². The maximum atomic E-state index is 10.6. The SMILES string of the molecule is CC(C)CN1CCN(CC2C(O)C(C)(C)OC2(C)C)CC1. The molecule has 124 valence electrons. The Bertz CT molecular complexity index is 347. The Morgan fingerprint density at radius 3 is 1.95 bits per heavy atom. The summed E-state index contributed by atoms with van der Waals surface area (Å²) in [5, 5.41) is 10.6. The van der Waals surface area contributed by atoms with Gasteiger partial charge in [-0.1, -0.05) is 13.8 Å². The molecule has 0 amide bonds. The Balaban J connectivity index is 1.88. The van der Waals surface area contributed by atoms with Gasteiger partial charge in [0.15, 0.2) is 0 Å². The van der Waals surface area contributed by atoms with E-state index in [0.29, 0.717) is 0 Å². The van der Waals surface area contributed by atoms with E-state index in [-0.39, 0.29) is 17.6 Å². The van der Waals surface area contributed by atoms with E-state index in [0.717, 1.165) is 38.6 Å². The van der Waals surface area contributed by atoms with Crippen LogP contribution in [0.25, 0.3) is 0 Å². The molecule has 2 atom stereocenters. The summed E-state index contributed by atoms with van der Waals surface area (Å²) in [7, 11) is 0. The van der Waals surface area contributed by atoms with E-state index in [4.69, 9.17) is 4.74 Å². The molecule has 0 aromatic heterocycles. The zero-order valence-corrected chi connectivity index (χ0v) is 14.7. The van der Waals surface area contributed by atoms with Crippen molar-refractivity contribution in [3.05, 3.63) is 0 Å². The number of hydrogen-bond acceptors (Lipinski definition) is 4. The standard InChI is InChI=1S/C17H34N2O2/c1-13(2)11-18-7-9-19(10-8-18)12-14-15(20)17(5,6)21-16(14,3)4/h13-15,20H,7-12H2,1-6H3. The Morgan fingerprint density at radius 1 is 1.00 bits per heavy atom. The monoisotopic (exact) mass is 298 g/mol. The first kappa shape index (κ1) is 17.2. The average molecular weight is 298 g/mol. The maximum Gasteiger partial charge on any atom is 0.0896 e. The van der Waals surface area contributed by atoms with Crippen LogP contribution in [-0.2, 0) is 4.74 Å². The number of rotatable bonds is 4. The van der Waals surface area contributed by atoms with Crippen LogP contribution in [0.15, 0.2) is 0 Å². The third-order valence-corrected chi connectivity index (χ3v) is 5.06. The second-order valence-electron chi connectivity index (χ2n) is 8.36. The molecule has 2 fully saturated rings. The lowest BCUT2D eigenvalue weighted by atomic mass is 9.84. The minimum absolute atomic E-state index is 0.184. The fraction of sp³-hybridized carbons (Fsp3) is 1.00. The number of ether oxygens (including phenoxy) is 1. The van der Waals surface area contributed by atoms with Crippen LogP contribution in [0.5, 0.6) is 0 Å². The highest BCUT2D eigenvalue weighted by Crippen LogP contribution is 2.42. The van der Waals surface area contributed by atoms with Crippen molar-refractivity contribution in [2.24, 2.45) is 11.8 Å². The number of piperazine rings is 1. The molecule has 0 aromatic carbocycles. The van der Waals surface area contributed by atoms with Crippen LogP contribution >= 0.6 is 0 Å². The first-order valence-electron chi connectivity index (χ1n) is 8.45. The molecule has 0 spiro atoms. The molecule has 2 heterocycles. The molecule has 2 rings (SSSR count). The summed E-state index contributed by atoms with van der Waals surface area (Å²) in [4.78, 5) is 5.05. The van der Waals surface area contributed by atoms with E-state index < -0.39 is 5.60 Å². The maximum absolute atomic E-state index is 10.6. The van der Waals surface area contributed by atoms with Gasteiger partial charge in [0.1, 0.15) is 0 Å². The van der Waals surface area contributed by atoms with Crippen LogP contribution in [0.4, 0.5) is 0 Å². The molecule has 21 heavy (non-hydrogen) atoms. The summed E-state index contributed by atoms with van der Waals surface area (Å²) in [6.07, 6.45) is -0.388. The average Bonchev–Trinajstić information content (AvgIpc) is 2.49. The van der Waals surface area contributed by atoms with Gasteiger partial charge in [-0.15, -0.1) is 0 Å². The van der Waals surface area contributed by atoms with Crippen LogP contribution in [0.3, 0.4) is 0 Å². The Morgan fingerprint density at radius 2 is 1.52 bits per heavy atom. The third-order valence-electron chi connectivity index (χ3n) is 5.06. The molecule has 4 heteroatoms. The molecule has 1 N–H and O–H groups in total. The summed E-state index contributed by atoms with van der Waals surface area (Å²) in [5.74, 6) is 0.922. The minimum atomic E-state index is -0.437. The molecule has 2 aliphatic rings. The van der Waals surface area contributed by atoms with Gasteiger partial charge in [-0.25, -0.2) is 0 Å². The molecule has 0 radical (unpaired) electrons. The fourth-order valence-corrected chi connectivity index (χ4v) is 3.95. The Kier molecular flexibility index (Phi) is 5.04. The van der Waals surface area contributed by atoms with E-state index in [1.807, 2.05) is 13.8 Å². The van der Waals surface area contributed by atoms with Crippen molar-refractivity contribution in [1.29, 1.82) is 0 Å². The van der Waals surface area contributed by atoms with Gasteiger partial charge in [-0.2, -0.15) is 0 Å². The minimum Gasteiger partial charge on any atom is -0.390 e. The van der Waals surface area contributed by atoms with Crippen molar-refractivity contribution in [1.82, 2.24) is 9.80 Å². The number of aliphatic hydroxyl groups is 1. The predicted molar refractivity (Wildman–Crippen MR) is 86.5 cm³/mol. The van der Waals surface area contributed by atoms with Crippen molar-refractivity contribution >= 4 is 0 Å². The van der Waals surface area contributed by atoms with Crippen molar-refractivity contribution in [3.8, 4) is 0 Å². The van der Waals surface area contributed by atoms with Gasteiger partial charge in [0.2, 0.25) is 0 Å². The van der Waals surface area contributed by atoms with Gasteiger partial charge in [0.05, 0.1) is 17.3 Å². The van der Waals surface area contributed by atoms with E-state index in [2.05, 4.69) is 37.5 Å². The molecule has 2 saturated heterocycles. The van der Waals surface area contributed by atoms with Crippen LogP contribution in [0.2, 0.25) is 0 Å². The molecule has 0 saturated carbocycles. The summed E-state index contributed by atoms with van der Waals surface area (Å²) in [5.41, 5.74) is -0.689. The summed E-state index contributed by atoms with van der Waals surface area (Å²) >= 11 is 0. The highest BCUT2D eigenvalue weighted by atomic mass is 16.5. The molecular weight excluding hydrogens is 264 g/mol.